The maximum Gasteiger partial charge on any atom is 0.0438 e. The monoisotopic (exact) mass is 250 g/mol. The lowest BCUT2D eigenvalue weighted by atomic mass is 9.97. The molecular formula is C14H12Cl2. The van der Waals surface area contributed by atoms with Crippen molar-refractivity contribution in [2.24, 2.45) is 0 Å². The van der Waals surface area contributed by atoms with Gasteiger partial charge in [0.1, 0.15) is 0 Å². The highest BCUT2D eigenvalue weighted by Crippen LogP contribution is 2.30. The fraction of sp³-hybridized carbons (Fsp3) is 0.143. The van der Waals surface area contributed by atoms with E-state index in [4.69, 9.17) is 23.2 Å². The van der Waals surface area contributed by atoms with Crippen LogP contribution in [-0.4, -0.2) is 0 Å². The molecule has 0 amide bonds. The molecule has 0 saturated carbocycles. The van der Waals surface area contributed by atoms with Crippen molar-refractivity contribution < 1.29 is 0 Å². The van der Waals surface area contributed by atoms with Crippen LogP contribution in [0.25, 0.3) is 11.1 Å². The van der Waals surface area contributed by atoms with E-state index in [1.165, 1.54) is 16.7 Å². The molecule has 16 heavy (non-hydrogen) atoms. The molecule has 2 aromatic rings. The molecule has 2 rings (SSSR count). The van der Waals surface area contributed by atoms with Gasteiger partial charge in [0.25, 0.3) is 0 Å². The van der Waals surface area contributed by atoms with Gasteiger partial charge in [-0.05, 0) is 54.3 Å². The summed E-state index contributed by atoms with van der Waals surface area (Å²) in [6.07, 6.45) is 0. The summed E-state index contributed by atoms with van der Waals surface area (Å²) in [7, 11) is 0. The molecule has 82 valence electrons. The zero-order chi connectivity index (χ0) is 11.7. The number of halogens is 2. The van der Waals surface area contributed by atoms with Crippen LogP contribution in [0.4, 0.5) is 0 Å². The zero-order valence-electron chi connectivity index (χ0n) is 9.22. The summed E-state index contributed by atoms with van der Waals surface area (Å²) in [4.78, 5) is 0. The Morgan fingerprint density at radius 2 is 1.38 bits per heavy atom. The smallest absolute Gasteiger partial charge is 0.0438 e. The summed E-state index contributed by atoms with van der Waals surface area (Å²) in [6.45, 7) is 4.13. The number of benzene rings is 2. The summed E-state index contributed by atoms with van der Waals surface area (Å²) < 4.78 is 0. The van der Waals surface area contributed by atoms with E-state index in [1.54, 1.807) is 0 Å². The Labute approximate surface area is 106 Å². The van der Waals surface area contributed by atoms with Gasteiger partial charge in [0.05, 0.1) is 0 Å². The average molecular weight is 251 g/mol. The van der Waals surface area contributed by atoms with Crippen LogP contribution >= 0.6 is 23.2 Å². The normalized spacial score (nSPS) is 10.5. The van der Waals surface area contributed by atoms with Crippen molar-refractivity contribution >= 4 is 23.2 Å². The summed E-state index contributed by atoms with van der Waals surface area (Å²) in [5.41, 5.74) is 4.73. The molecule has 0 N–H and O–H groups in total. The molecule has 0 aliphatic rings. The molecule has 0 bridgehead atoms. The second-order valence-corrected chi connectivity index (χ2v) is 4.70. The van der Waals surface area contributed by atoms with Gasteiger partial charge in [-0.3, -0.25) is 0 Å². The summed E-state index contributed by atoms with van der Waals surface area (Å²) in [5.74, 6) is 0. The first-order valence-corrected chi connectivity index (χ1v) is 5.87. The molecule has 0 unspecified atom stereocenters. The minimum Gasteiger partial charge on any atom is -0.0843 e. The predicted molar refractivity (Wildman–Crippen MR) is 71.4 cm³/mol. The number of rotatable bonds is 1. The Bertz CT molecular complexity index is 513. The van der Waals surface area contributed by atoms with E-state index in [0.717, 1.165) is 15.6 Å². The van der Waals surface area contributed by atoms with Crippen LogP contribution in [-0.2, 0) is 0 Å². The lowest BCUT2D eigenvalue weighted by molar-refractivity contribution is 1.34. The van der Waals surface area contributed by atoms with Crippen LogP contribution in [0.5, 0.6) is 0 Å². The maximum atomic E-state index is 6.08. The molecule has 2 heteroatoms. The molecular weight excluding hydrogens is 239 g/mol. The largest absolute Gasteiger partial charge is 0.0843 e. The van der Waals surface area contributed by atoms with Crippen LogP contribution < -0.4 is 0 Å². The Hall–Kier alpha value is -0.980. The van der Waals surface area contributed by atoms with Crippen LogP contribution in [0.1, 0.15) is 11.1 Å². The highest BCUT2D eigenvalue weighted by molar-refractivity contribution is 6.31. The third-order valence-electron chi connectivity index (χ3n) is 2.88. The third-order valence-corrected chi connectivity index (χ3v) is 3.54. The SMILES string of the molecule is Cc1c(Cl)ccc(-c2ccc(Cl)cc2)c1C. The third kappa shape index (κ3) is 2.09. The standard InChI is InChI=1S/C14H12Cl2/c1-9-10(2)14(16)8-7-13(9)11-3-5-12(15)6-4-11/h3-8H,1-2H3. The number of hydrogen-bond donors (Lipinski definition) is 0. The second kappa shape index (κ2) is 4.48. The lowest BCUT2D eigenvalue weighted by Gasteiger charge is -2.10. The molecule has 0 nitrogen and oxygen atoms in total. The van der Waals surface area contributed by atoms with E-state index in [9.17, 15) is 0 Å². The maximum absolute atomic E-state index is 6.08. The Balaban J connectivity index is 2.57. The second-order valence-electron chi connectivity index (χ2n) is 3.85. The summed E-state index contributed by atoms with van der Waals surface area (Å²) in [6, 6.07) is 11.8. The van der Waals surface area contributed by atoms with Gasteiger partial charge in [-0.25, -0.2) is 0 Å². The first-order valence-electron chi connectivity index (χ1n) is 5.11. The van der Waals surface area contributed by atoms with Crippen LogP contribution in [0, 0.1) is 13.8 Å². The van der Waals surface area contributed by atoms with Crippen molar-refractivity contribution in [2.45, 2.75) is 13.8 Å². The topological polar surface area (TPSA) is 0 Å². The first kappa shape index (κ1) is 11.5. The van der Waals surface area contributed by atoms with Gasteiger partial charge >= 0.3 is 0 Å². The molecule has 0 aromatic heterocycles. The van der Waals surface area contributed by atoms with Gasteiger partial charge < -0.3 is 0 Å². The average Bonchev–Trinajstić information content (AvgIpc) is 2.28. The fourth-order valence-electron chi connectivity index (χ4n) is 1.73. The van der Waals surface area contributed by atoms with Gasteiger partial charge in [0.15, 0.2) is 0 Å². The quantitative estimate of drug-likeness (QED) is 0.647. The van der Waals surface area contributed by atoms with Crippen molar-refractivity contribution in [1.82, 2.24) is 0 Å². The molecule has 0 heterocycles. The van der Waals surface area contributed by atoms with Crippen molar-refractivity contribution in [3.05, 3.63) is 57.6 Å². The Morgan fingerprint density at radius 1 is 0.750 bits per heavy atom. The van der Waals surface area contributed by atoms with Crippen LogP contribution in [0.3, 0.4) is 0 Å². The van der Waals surface area contributed by atoms with Gasteiger partial charge in [-0.1, -0.05) is 41.4 Å². The van der Waals surface area contributed by atoms with Crippen LogP contribution in [0.15, 0.2) is 36.4 Å². The van der Waals surface area contributed by atoms with E-state index in [0.29, 0.717) is 0 Å². The van der Waals surface area contributed by atoms with Crippen molar-refractivity contribution in [1.29, 1.82) is 0 Å². The molecule has 0 spiro atoms. The Kier molecular flexibility index (Phi) is 3.22. The molecule has 0 saturated heterocycles. The minimum atomic E-state index is 0.757. The highest BCUT2D eigenvalue weighted by atomic mass is 35.5. The molecule has 0 atom stereocenters. The lowest BCUT2D eigenvalue weighted by Crippen LogP contribution is -1.88. The van der Waals surface area contributed by atoms with Crippen molar-refractivity contribution in [3.63, 3.8) is 0 Å². The first-order chi connectivity index (χ1) is 7.59. The summed E-state index contributed by atoms with van der Waals surface area (Å²) in [5, 5.41) is 1.57. The van der Waals surface area contributed by atoms with Crippen molar-refractivity contribution in [2.75, 3.05) is 0 Å². The zero-order valence-corrected chi connectivity index (χ0v) is 10.7. The molecule has 0 aliphatic heterocycles. The molecule has 0 aliphatic carbocycles. The molecule has 0 radical (unpaired) electrons. The van der Waals surface area contributed by atoms with E-state index in [2.05, 4.69) is 6.92 Å². The van der Waals surface area contributed by atoms with E-state index < -0.39 is 0 Å². The molecule has 2 aromatic carbocycles. The van der Waals surface area contributed by atoms with Gasteiger partial charge in [-0.2, -0.15) is 0 Å². The van der Waals surface area contributed by atoms with Gasteiger partial charge in [0, 0.05) is 10.0 Å². The van der Waals surface area contributed by atoms with Gasteiger partial charge in [-0.15, -0.1) is 0 Å². The van der Waals surface area contributed by atoms with Crippen LogP contribution in [0.2, 0.25) is 10.0 Å². The summed E-state index contributed by atoms with van der Waals surface area (Å²) >= 11 is 12.0. The van der Waals surface area contributed by atoms with E-state index in [1.807, 2.05) is 43.3 Å². The molecule has 0 fully saturated rings. The predicted octanol–water partition coefficient (Wildman–Crippen LogP) is 5.28. The van der Waals surface area contributed by atoms with Crippen molar-refractivity contribution in [3.8, 4) is 11.1 Å². The Morgan fingerprint density at radius 3 is 2.00 bits per heavy atom. The number of hydrogen-bond acceptors (Lipinski definition) is 0. The van der Waals surface area contributed by atoms with E-state index in [-0.39, 0.29) is 0 Å². The van der Waals surface area contributed by atoms with E-state index >= 15 is 0 Å². The highest BCUT2D eigenvalue weighted by Gasteiger charge is 2.06. The minimum absolute atomic E-state index is 0.757. The van der Waals surface area contributed by atoms with Gasteiger partial charge in [0.2, 0.25) is 0 Å². The fourth-order valence-corrected chi connectivity index (χ4v) is 2.06.